The van der Waals surface area contributed by atoms with E-state index in [2.05, 4.69) is 46.7 Å². The number of aromatic nitrogens is 1. The van der Waals surface area contributed by atoms with Crippen LogP contribution in [0.3, 0.4) is 0 Å². The summed E-state index contributed by atoms with van der Waals surface area (Å²) in [4.78, 5) is 4.06. The van der Waals surface area contributed by atoms with Crippen LogP contribution in [0.2, 0.25) is 0 Å². The molecule has 0 atom stereocenters. The van der Waals surface area contributed by atoms with E-state index in [1.807, 2.05) is 42.7 Å². The topological polar surface area (TPSA) is 47.3 Å². The second-order valence-electron chi connectivity index (χ2n) is 6.83. The third-order valence-electron chi connectivity index (χ3n) is 4.63. The average Bonchev–Trinajstić information content (AvgIpc) is 3.13. The second-order valence-corrected chi connectivity index (χ2v) is 6.83. The van der Waals surface area contributed by atoms with Gasteiger partial charge < -0.3 is 14.5 Å². The zero-order chi connectivity index (χ0) is 19.0. The summed E-state index contributed by atoms with van der Waals surface area (Å²) in [5, 5.41) is 4.56. The number of hydrogen-bond acceptors (Lipinski definition) is 4. The summed E-state index contributed by atoms with van der Waals surface area (Å²) in [5.74, 6) is 0.973. The second kappa shape index (κ2) is 9.31. The molecular weight excluding hydrogens is 348 g/mol. The van der Waals surface area contributed by atoms with Crippen LogP contribution < -0.4 is 5.32 Å². The number of ether oxygens (including phenoxy) is 1. The molecule has 0 bridgehead atoms. The summed E-state index contributed by atoms with van der Waals surface area (Å²) >= 11 is 0. The van der Waals surface area contributed by atoms with E-state index in [9.17, 15) is 0 Å². The SMILES string of the molecule is c1ccc(COCCNCc2ccc3cc(Cc4ccncc4)oc3c2)cc1. The van der Waals surface area contributed by atoms with Crippen LogP contribution in [-0.4, -0.2) is 18.1 Å². The molecule has 0 fully saturated rings. The molecule has 4 nitrogen and oxygen atoms in total. The van der Waals surface area contributed by atoms with Crippen molar-refractivity contribution >= 4 is 11.0 Å². The van der Waals surface area contributed by atoms with Gasteiger partial charge in [-0.2, -0.15) is 0 Å². The fourth-order valence-electron chi connectivity index (χ4n) is 3.17. The van der Waals surface area contributed by atoms with Gasteiger partial charge in [0.15, 0.2) is 0 Å². The molecule has 0 aliphatic heterocycles. The van der Waals surface area contributed by atoms with Crippen molar-refractivity contribution in [2.24, 2.45) is 0 Å². The first-order valence-corrected chi connectivity index (χ1v) is 9.59. The minimum Gasteiger partial charge on any atom is -0.461 e. The Morgan fingerprint density at radius 1 is 0.857 bits per heavy atom. The molecule has 0 radical (unpaired) electrons. The van der Waals surface area contributed by atoms with Crippen LogP contribution in [0.25, 0.3) is 11.0 Å². The van der Waals surface area contributed by atoms with Crippen LogP contribution in [0, 0.1) is 0 Å². The summed E-state index contributed by atoms with van der Waals surface area (Å²) in [5.41, 5.74) is 4.55. The molecule has 0 saturated carbocycles. The number of hydrogen-bond donors (Lipinski definition) is 1. The van der Waals surface area contributed by atoms with Crippen LogP contribution in [0.5, 0.6) is 0 Å². The minimum atomic E-state index is 0.654. The largest absolute Gasteiger partial charge is 0.461 e. The fourth-order valence-corrected chi connectivity index (χ4v) is 3.17. The van der Waals surface area contributed by atoms with E-state index in [1.165, 1.54) is 16.7 Å². The lowest BCUT2D eigenvalue weighted by molar-refractivity contribution is 0.122. The molecule has 0 saturated heterocycles. The van der Waals surface area contributed by atoms with Gasteiger partial charge in [-0.3, -0.25) is 4.98 Å². The highest BCUT2D eigenvalue weighted by Crippen LogP contribution is 2.22. The van der Waals surface area contributed by atoms with Crippen LogP contribution in [0.15, 0.2) is 83.5 Å². The van der Waals surface area contributed by atoms with Gasteiger partial charge in [0.05, 0.1) is 13.2 Å². The van der Waals surface area contributed by atoms with Gasteiger partial charge >= 0.3 is 0 Å². The highest BCUT2D eigenvalue weighted by molar-refractivity contribution is 5.78. The molecule has 0 amide bonds. The third kappa shape index (κ3) is 5.06. The Morgan fingerprint density at radius 3 is 2.57 bits per heavy atom. The minimum absolute atomic E-state index is 0.654. The highest BCUT2D eigenvalue weighted by atomic mass is 16.5. The van der Waals surface area contributed by atoms with Crippen molar-refractivity contribution < 1.29 is 9.15 Å². The molecular formula is C24H24N2O2. The number of fused-ring (bicyclic) bond motifs is 1. The molecule has 4 rings (SSSR count). The lowest BCUT2D eigenvalue weighted by atomic mass is 10.1. The number of pyridine rings is 1. The first-order valence-electron chi connectivity index (χ1n) is 9.59. The summed E-state index contributed by atoms with van der Waals surface area (Å²) in [6, 6.07) is 22.8. The molecule has 4 aromatic rings. The Kier molecular flexibility index (Phi) is 6.12. The van der Waals surface area contributed by atoms with Crippen molar-refractivity contribution in [1.29, 1.82) is 0 Å². The maximum Gasteiger partial charge on any atom is 0.134 e. The fraction of sp³-hybridized carbons (Fsp3) is 0.208. The Bertz CT molecular complexity index is 997. The Hall–Kier alpha value is -2.95. The monoisotopic (exact) mass is 372 g/mol. The number of rotatable bonds is 9. The van der Waals surface area contributed by atoms with Crippen molar-refractivity contribution in [2.45, 2.75) is 19.6 Å². The molecule has 0 aliphatic carbocycles. The van der Waals surface area contributed by atoms with Gasteiger partial charge in [0.25, 0.3) is 0 Å². The zero-order valence-corrected chi connectivity index (χ0v) is 15.8. The summed E-state index contributed by atoms with van der Waals surface area (Å²) in [6.45, 7) is 2.95. The normalized spacial score (nSPS) is 11.1. The standard InChI is InChI=1S/C24H24N2O2/c1-2-4-20(5-3-1)18-27-13-12-26-17-21-6-7-22-16-23(28-24(22)15-21)14-19-8-10-25-11-9-19/h1-11,15-16,26H,12-14,17-18H2. The predicted octanol–water partition coefficient (Wildman–Crippen LogP) is 4.73. The van der Waals surface area contributed by atoms with Crippen molar-refractivity contribution in [3.8, 4) is 0 Å². The first-order chi connectivity index (χ1) is 13.9. The number of nitrogens with zero attached hydrogens (tertiary/aromatic N) is 1. The van der Waals surface area contributed by atoms with Crippen LogP contribution in [-0.2, 0) is 24.3 Å². The predicted molar refractivity (Wildman–Crippen MR) is 111 cm³/mol. The van der Waals surface area contributed by atoms with E-state index in [0.717, 1.165) is 36.2 Å². The molecule has 28 heavy (non-hydrogen) atoms. The van der Waals surface area contributed by atoms with Crippen LogP contribution in [0.1, 0.15) is 22.5 Å². The molecule has 0 unspecified atom stereocenters. The molecule has 0 aliphatic rings. The number of benzene rings is 2. The lowest BCUT2D eigenvalue weighted by Crippen LogP contribution is -2.19. The van der Waals surface area contributed by atoms with Crippen LogP contribution >= 0.6 is 0 Å². The maximum atomic E-state index is 6.03. The van der Waals surface area contributed by atoms with E-state index in [1.54, 1.807) is 0 Å². The van der Waals surface area contributed by atoms with Gasteiger partial charge in [-0.05, 0) is 41.0 Å². The smallest absolute Gasteiger partial charge is 0.134 e. The molecule has 4 heteroatoms. The molecule has 1 N–H and O–H groups in total. The van der Waals surface area contributed by atoms with E-state index in [4.69, 9.17) is 9.15 Å². The van der Waals surface area contributed by atoms with E-state index < -0.39 is 0 Å². The van der Waals surface area contributed by atoms with Gasteiger partial charge in [-0.1, -0.05) is 42.5 Å². The Morgan fingerprint density at radius 2 is 1.71 bits per heavy atom. The first kappa shape index (κ1) is 18.4. The van der Waals surface area contributed by atoms with E-state index in [0.29, 0.717) is 13.2 Å². The highest BCUT2D eigenvalue weighted by Gasteiger charge is 2.06. The maximum absolute atomic E-state index is 6.03. The molecule has 0 spiro atoms. The summed E-state index contributed by atoms with van der Waals surface area (Å²) < 4.78 is 11.7. The summed E-state index contributed by atoms with van der Waals surface area (Å²) in [7, 11) is 0. The third-order valence-corrected chi connectivity index (χ3v) is 4.63. The molecule has 2 heterocycles. The number of furan rings is 1. The van der Waals surface area contributed by atoms with Crippen molar-refractivity contribution in [3.63, 3.8) is 0 Å². The Balaban J connectivity index is 1.25. The van der Waals surface area contributed by atoms with Gasteiger partial charge in [0.2, 0.25) is 0 Å². The molecule has 2 aromatic carbocycles. The van der Waals surface area contributed by atoms with Gasteiger partial charge in [0.1, 0.15) is 11.3 Å². The Labute approximate surface area is 165 Å². The quantitative estimate of drug-likeness (QED) is 0.432. The van der Waals surface area contributed by atoms with E-state index >= 15 is 0 Å². The molecule has 142 valence electrons. The van der Waals surface area contributed by atoms with E-state index in [-0.39, 0.29) is 0 Å². The average molecular weight is 372 g/mol. The zero-order valence-electron chi connectivity index (χ0n) is 15.8. The van der Waals surface area contributed by atoms with Gasteiger partial charge in [-0.15, -0.1) is 0 Å². The van der Waals surface area contributed by atoms with Gasteiger partial charge in [-0.25, -0.2) is 0 Å². The molecule has 2 aromatic heterocycles. The van der Waals surface area contributed by atoms with Crippen molar-refractivity contribution in [1.82, 2.24) is 10.3 Å². The number of nitrogens with one attached hydrogen (secondary N) is 1. The summed E-state index contributed by atoms with van der Waals surface area (Å²) in [6.07, 6.45) is 4.40. The van der Waals surface area contributed by atoms with Crippen molar-refractivity contribution in [3.05, 3.63) is 102 Å². The van der Waals surface area contributed by atoms with Crippen LogP contribution in [0.4, 0.5) is 0 Å². The van der Waals surface area contributed by atoms with Gasteiger partial charge in [0, 0.05) is 37.3 Å². The lowest BCUT2D eigenvalue weighted by Gasteiger charge is -2.06. The van der Waals surface area contributed by atoms with Crippen molar-refractivity contribution in [2.75, 3.05) is 13.2 Å².